The number of rotatable bonds is 7. The van der Waals surface area contributed by atoms with Crippen molar-refractivity contribution in [2.24, 2.45) is 10.9 Å². The van der Waals surface area contributed by atoms with Crippen molar-refractivity contribution in [3.05, 3.63) is 24.2 Å². The number of aliphatic imine (C=N–C) groups is 1. The molecule has 0 aromatic carbocycles. The average Bonchev–Trinajstić information content (AvgIpc) is 3.30. The van der Waals surface area contributed by atoms with Crippen LogP contribution in [0, 0.1) is 5.92 Å². The number of nitrogens with zero attached hydrogens (tertiary/aromatic N) is 3. The zero-order valence-corrected chi connectivity index (χ0v) is 14.9. The molecular weight excluding hydrogens is 320 g/mol. The van der Waals surface area contributed by atoms with Crippen molar-refractivity contribution in [2.75, 3.05) is 52.5 Å². The molecule has 7 heteroatoms. The first kappa shape index (κ1) is 17.8. The Morgan fingerprint density at radius 1 is 1.32 bits per heavy atom. The number of furan rings is 1. The minimum absolute atomic E-state index is 0.0416. The number of hydrogen-bond donors (Lipinski definition) is 1. The van der Waals surface area contributed by atoms with Crippen molar-refractivity contribution < 1.29 is 13.9 Å². The maximum atomic E-state index is 12.3. The summed E-state index contributed by atoms with van der Waals surface area (Å²) in [5, 5.41) is 3.33. The van der Waals surface area contributed by atoms with Gasteiger partial charge < -0.3 is 24.3 Å². The van der Waals surface area contributed by atoms with Gasteiger partial charge in [0.15, 0.2) is 11.7 Å². The summed E-state index contributed by atoms with van der Waals surface area (Å²) in [7, 11) is 0. The summed E-state index contributed by atoms with van der Waals surface area (Å²) >= 11 is 0. The Morgan fingerprint density at radius 3 is 2.72 bits per heavy atom. The molecule has 0 atom stereocenters. The highest BCUT2D eigenvalue weighted by Gasteiger charge is 2.25. The third kappa shape index (κ3) is 5.22. The normalized spacial score (nSPS) is 18.5. The van der Waals surface area contributed by atoms with E-state index in [1.54, 1.807) is 12.1 Å². The molecule has 1 saturated carbocycles. The van der Waals surface area contributed by atoms with Crippen molar-refractivity contribution in [1.29, 1.82) is 0 Å². The van der Waals surface area contributed by atoms with Crippen molar-refractivity contribution in [2.45, 2.75) is 19.8 Å². The van der Waals surface area contributed by atoms with Crippen LogP contribution in [0.3, 0.4) is 0 Å². The average molecular weight is 348 g/mol. The highest BCUT2D eigenvalue weighted by molar-refractivity contribution is 5.91. The predicted molar refractivity (Wildman–Crippen MR) is 95.7 cm³/mol. The third-order valence-corrected chi connectivity index (χ3v) is 4.48. The van der Waals surface area contributed by atoms with E-state index < -0.39 is 0 Å². The lowest BCUT2D eigenvalue weighted by Gasteiger charge is -2.36. The molecule has 7 nitrogen and oxygen atoms in total. The van der Waals surface area contributed by atoms with Crippen molar-refractivity contribution in [1.82, 2.24) is 15.1 Å². The van der Waals surface area contributed by atoms with E-state index >= 15 is 0 Å². The standard InChI is InChI=1S/C18H28N4O3/c1-2-19-18(20-7-13-24-14-15-5-6-15)22-10-8-21(9-11-22)17(23)16-4-3-12-25-16/h3-4,12,15H,2,5-11,13-14H2,1H3,(H,19,20). The number of guanidine groups is 1. The number of amides is 1. The van der Waals surface area contributed by atoms with Gasteiger partial charge in [-0.2, -0.15) is 0 Å². The van der Waals surface area contributed by atoms with Crippen LogP contribution in [0.1, 0.15) is 30.3 Å². The van der Waals surface area contributed by atoms with Gasteiger partial charge in [0.05, 0.1) is 19.4 Å². The minimum Gasteiger partial charge on any atom is -0.459 e. The second-order valence-electron chi connectivity index (χ2n) is 6.51. The predicted octanol–water partition coefficient (Wildman–Crippen LogP) is 1.43. The van der Waals surface area contributed by atoms with E-state index in [4.69, 9.17) is 9.15 Å². The van der Waals surface area contributed by atoms with E-state index in [1.165, 1.54) is 19.1 Å². The number of piperazine rings is 1. The number of nitrogens with one attached hydrogen (secondary N) is 1. The molecule has 1 saturated heterocycles. The summed E-state index contributed by atoms with van der Waals surface area (Å²) in [6.07, 6.45) is 4.16. The molecule has 1 aliphatic heterocycles. The topological polar surface area (TPSA) is 70.3 Å². The Balaban J connectivity index is 1.45. The molecule has 0 unspecified atom stereocenters. The zero-order valence-electron chi connectivity index (χ0n) is 14.9. The number of carbonyl (C=O) groups is 1. The van der Waals surface area contributed by atoms with Crippen molar-refractivity contribution in [3.63, 3.8) is 0 Å². The van der Waals surface area contributed by atoms with E-state index in [1.807, 2.05) is 4.90 Å². The summed E-state index contributed by atoms with van der Waals surface area (Å²) in [6.45, 7) is 7.97. The van der Waals surface area contributed by atoms with Crippen LogP contribution in [0.4, 0.5) is 0 Å². The number of carbonyl (C=O) groups excluding carboxylic acids is 1. The summed E-state index contributed by atoms with van der Waals surface area (Å²) in [5.41, 5.74) is 0. The highest BCUT2D eigenvalue weighted by Crippen LogP contribution is 2.28. The summed E-state index contributed by atoms with van der Waals surface area (Å²) < 4.78 is 10.9. The fourth-order valence-corrected chi connectivity index (χ4v) is 2.85. The molecule has 2 aliphatic rings. The second-order valence-corrected chi connectivity index (χ2v) is 6.51. The molecule has 1 amide bonds. The van der Waals surface area contributed by atoms with E-state index in [2.05, 4.69) is 22.1 Å². The molecule has 2 fully saturated rings. The summed E-state index contributed by atoms with van der Waals surface area (Å²) in [5.74, 6) is 2.06. The van der Waals surface area contributed by atoms with Gasteiger partial charge in [-0.25, -0.2) is 0 Å². The molecule has 0 spiro atoms. The van der Waals surface area contributed by atoms with E-state index in [0.717, 1.165) is 38.1 Å². The fraction of sp³-hybridized carbons (Fsp3) is 0.667. The number of ether oxygens (including phenoxy) is 1. The van der Waals surface area contributed by atoms with Gasteiger partial charge in [0.1, 0.15) is 0 Å². The number of hydrogen-bond acceptors (Lipinski definition) is 4. The molecule has 1 aromatic rings. The third-order valence-electron chi connectivity index (χ3n) is 4.48. The van der Waals surface area contributed by atoms with Gasteiger partial charge in [-0.3, -0.25) is 9.79 Å². The summed E-state index contributed by atoms with van der Waals surface area (Å²) in [4.78, 5) is 21.0. The van der Waals surface area contributed by atoms with E-state index in [-0.39, 0.29) is 5.91 Å². The van der Waals surface area contributed by atoms with Crippen LogP contribution < -0.4 is 5.32 Å². The molecule has 0 bridgehead atoms. The monoisotopic (exact) mass is 348 g/mol. The Morgan fingerprint density at radius 2 is 2.08 bits per heavy atom. The smallest absolute Gasteiger partial charge is 0.289 e. The fourth-order valence-electron chi connectivity index (χ4n) is 2.85. The highest BCUT2D eigenvalue weighted by atomic mass is 16.5. The molecule has 1 aliphatic carbocycles. The second kappa shape index (κ2) is 8.89. The Hall–Kier alpha value is -2.02. The van der Waals surface area contributed by atoms with E-state index in [9.17, 15) is 4.79 Å². The molecule has 25 heavy (non-hydrogen) atoms. The van der Waals surface area contributed by atoms with Crippen LogP contribution in [0.2, 0.25) is 0 Å². The maximum absolute atomic E-state index is 12.3. The first-order chi connectivity index (χ1) is 12.3. The SMILES string of the molecule is CCNC(=NCCOCC1CC1)N1CCN(C(=O)c2ccco2)CC1. The molecule has 0 radical (unpaired) electrons. The van der Waals surface area contributed by atoms with Gasteiger partial charge in [-0.15, -0.1) is 0 Å². The van der Waals surface area contributed by atoms with Crippen LogP contribution in [-0.2, 0) is 4.74 Å². The van der Waals surface area contributed by atoms with Gasteiger partial charge in [-0.05, 0) is 37.8 Å². The molecule has 3 rings (SSSR count). The van der Waals surface area contributed by atoms with Gasteiger partial charge in [0.2, 0.25) is 0 Å². The van der Waals surface area contributed by atoms with Gasteiger partial charge >= 0.3 is 0 Å². The Bertz CT molecular complexity index is 561. The Labute approximate surface area is 149 Å². The van der Waals surface area contributed by atoms with E-state index in [0.29, 0.717) is 32.0 Å². The van der Waals surface area contributed by atoms with Crippen LogP contribution in [0.15, 0.2) is 27.8 Å². The first-order valence-corrected chi connectivity index (χ1v) is 9.21. The molecular formula is C18H28N4O3. The lowest BCUT2D eigenvalue weighted by atomic mass is 10.3. The first-order valence-electron chi connectivity index (χ1n) is 9.21. The van der Waals surface area contributed by atoms with Crippen LogP contribution >= 0.6 is 0 Å². The largest absolute Gasteiger partial charge is 0.459 e. The van der Waals surface area contributed by atoms with Crippen molar-refractivity contribution in [3.8, 4) is 0 Å². The van der Waals surface area contributed by atoms with Gasteiger partial charge in [0, 0.05) is 39.3 Å². The van der Waals surface area contributed by atoms with Crippen LogP contribution in [0.5, 0.6) is 0 Å². The maximum Gasteiger partial charge on any atom is 0.289 e. The minimum atomic E-state index is -0.0416. The van der Waals surface area contributed by atoms with Gasteiger partial charge in [-0.1, -0.05) is 0 Å². The lowest BCUT2D eigenvalue weighted by molar-refractivity contribution is 0.0657. The molecule has 138 valence electrons. The van der Waals surface area contributed by atoms with Crippen LogP contribution in [0.25, 0.3) is 0 Å². The van der Waals surface area contributed by atoms with Gasteiger partial charge in [0.25, 0.3) is 5.91 Å². The van der Waals surface area contributed by atoms with Crippen molar-refractivity contribution >= 4 is 11.9 Å². The molecule has 1 N–H and O–H groups in total. The zero-order chi connectivity index (χ0) is 17.5. The molecule has 2 heterocycles. The van der Waals surface area contributed by atoms with Crippen LogP contribution in [-0.4, -0.2) is 74.1 Å². The Kier molecular flexibility index (Phi) is 6.33. The quantitative estimate of drug-likeness (QED) is 0.459. The lowest BCUT2D eigenvalue weighted by Crippen LogP contribution is -2.53. The summed E-state index contributed by atoms with van der Waals surface area (Å²) in [6, 6.07) is 3.45. The molecule has 1 aromatic heterocycles.